The summed E-state index contributed by atoms with van der Waals surface area (Å²) in [4.78, 5) is 63.3. The van der Waals surface area contributed by atoms with E-state index < -0.39 is 65.6 Å². The van der Waals surface area contributed by atoms with Crippen molar-refractivity contribution < 1.29 is 33.8 Å². The number of halogens is 1. The minimum absolute atomic E-state index is 0.0921. The summed E-state index contributed by atoms with van der Waals surface area (Å²) in [6.45, 7) is 11.4. The van der Waals surface area contributed by atoms with Gasteiger partial charge in [0.2, 0.25) is 11.8 Å². The van der Waals surface area contributed by atoms with Crippen LogP contribution in [0.15, 0.2) is 77.3 Å². The number of ether oxygens (including phenoxy) is 2. The van der Waals surface area contributed by atoms with Gasteiger partial charge in [0.05, 0.1) is 24.6 Å². The second-order valence-electron chi connectivity index (χ2n) is 14.8. The van der Waals surface area contributed by atoms with Crippen LogP contribution in [-0.2, 0) is 28.7 Å². The van der Waals surface area contributed by atoms with Crippen molar-refractivity contribution in [1.82, 2.24) is 10.2 Å². The van der Waals surface area contributed by atoms with E-state index in [1.807, 2.05) is 80.6 Å². The van der Waals surface area contributed by atoms with Crippen LogP contribution in [0.25, 0.3) is 0 Å². The molecule has 2 saturated heterocycles. The Morgan fingerprint density at radius 2 is 1.68 bits per heavy atom. The molecular weight excluding hydrogens is 740 g/mol. The van der Waals surface area contributed by atoms with Gasteiger partial charge in [0, 0.05) is 41.9 Å². The van der Waals surface area contributed by atoms with Crippen molar-refractivity contribution in [3.63, 3.8) is 0 Å². The van der Waals surface area contributed by atoms with Gasteiger partial charge in [-0.3, -0.25) is 19.2 Å². The molecule has 2 aromatic rings. The number of carbonyl (C=O) groups is 4. The lowest BCUT2D eigenvalue weighted by Crippen LogP contribution is -2.59. The highest BCUT2D eigenvalue weighted by Gasteiger charge is 2.75. The second-order valence-corrected chi connectivity index (χ2v) is 15.7. The molecule has 0 saturated carbocycles. The van der Waals surface area contributed by atoms with Gasteiger partial charge >= 0.3 is 5.97 Å². The summed E-state index contributed by atoms with van der Waals surface area (Å²) in [5, 5.41) is 13.8. The number of nitrogens with one attached hydrogen (secondary N) is 1. The van der Waals surface area contributed by atoms with Crippen molar-refractivity contribution >= 4 is 51.0 Å². The predicted octanol–water partition coefficient (Wildman–Crippen LogP) is 5.29. The Morgan fingerprint density at radius 1 is 0.981 bits per heavy atom. The molecule has 12 heteroatoms. The molecule has 2 fully saturated rings. The maximum absolute atomic E-state index is 15.3. The molecule has 0 aliphatic carbocycles. The van der Waals surface area contributed by atoms with Crippen LogP contribution in [0.2, 0.25) is 0 Å². The molecular formula is C41H51BrN4O7. The van der Waals surface area contributed by atoms with E-state index in [2.05, 4.69) is 40.0 Å². The van der Waals surface area contributed by atoms with Gasteiger partial charge in [0.1, 0.15) is 29.8 Å². The number of anilines is 2. The molecule has 5 bridgehead atoms. The standard InChI is InChI=1S/C41H51BrN4O7/c1-6-44(7-2)28-17-19-29(20-18-28)45-21-13-9-12-16-32(48)43-26(5)35(27-14-10-8-11-15-27)52-40(51)33-34-38(49)46(30(24-47)22-25(3)4)37(39(45)50)41(34)23-31(42)36(33)53-41/h8-11,13-15,17-20,23,25-26,30,33-37,47H,6-7,12,16,21-22,24H2,1-5H3,(H,43,48)/b13-9-/t26-,30+,33+,34-,35+,36+,37+,41-/m0/s1. The number of rotatable bonds is 9. The minimum Gasteiger partial charge on any atom is -0.455 e. The maximum atomic E-state index is 15.3. The predicted molar refractivity (Wildman–Crippen MR) is 206 cm³/mol. The van der Waals surface area contributed by atoms with Crippen LogP contribution in [0.5, 0.6) is 0 Å². The topological polar surface area (TPSA) is 129 Å². The Kier molecular flexibility index (Phi) is 11.8. The average Bonchev–Trinajstić information content (AvgIpc) is 3.74. The fourth-order valence-corrected chi connectivity index (χ4v) is 9.28. The van der Waals surface area contributed by atoms with Crippen molar-refractivity contribution in [2.75, 3.05) is 36.0 Å². The van der Waals surface area contributed by atoms with Gasteiger partial charge in [-0.2, -0.15) is 0 Å². The zero-order chi connectivity index (χ0) is 38.0. The van der Waals surface area contributed by atoms with Crippen LogP contribution in [-0.4, -0.2) is 89.8 Å². The van der Waals surface area contributed by atoms with Crippen LogP contribution < -0.4 is 15.1 Å². The van der Waals surface area contributed by atoms with Gasteiger partial charge in [0.25, 0.3) is 5.91 Å². The molecule has 2 aromatic carbocycles. The van der Waals surface area contributed by atoms with Crippen LogP contribution in [0, 0.1) is 17.8 Å². The summed E-state index contributed by atoms with van der Waals surface area (Å²) in [6, 6.07) is 14.4. The highest BCUT2D eigenvalue weighted by atomic mass is 79.9. The van der Waals surface area contributed by atoms with E-state index in [-0.39, 0.29) is 31.4 Å². The zero-order valence-corrected chi connectivity index (χ0v) is 32.7. The summed E-state index contributed by atoms with van der Waals surface area (Å²) >= 11 is 3.64. The number of aliphatic hydroxyl groups is 1. The van der Waals surface area contributed by atoms with Gasteiger partial charge < -0.3 is 34.6 Å². The van der Waals surface area contributed by atoms with Gasteiger partial charge in [-0.25, -0.2) is 0 Å². The highest BCUT2D eigenvalue weighted by Crippen LogP contribution is 2.59. The van der Waals surface area contributed by atoms with Crippen molar-refractivity contribution in [2.45, 2.75) is 89.8 Å². The van der Waals surface area contributed by atoms with Crippen LogP contribution in [0.4, 0.5) is 11.4 Å². The van der Waals surface area contributed by atoms with Crippen LogP contribution in [0.1, 0.15) is 65.5 Å². The van der Waals surface area contributed by atoms with E-state index in [9.17, 15) is 19.5 Å². The van der Waals surface area contributed by atoms with Gasteiger partial charge in [-0.05, 0) is 75.4 Å². The monoisotopic (exact) mass is 790 g/mol. The minimum atomic E-state index is -1.51. The third kappa shape index (κ3) is 7.29. The summed E-state index contributed by atoms with van der Waals surface area (Å²) in [5.74, 6) is -3.79. The molecule has 6 rings (SSSR count). The molecule has 0 radical (unpaired) electrons. The Bertz CT molecular complexity index is 1730. The van der Waals surface area contributed by atoms with Crippen molar-refractivity contribution in [1.29, 1.82) is 0 Å². The average molecular weight is 792 g/mol. The van der Waals surface area contributed by atoms with E-state index in [0.29, 0.717) is 28.6 Å². The van der Waals surface area contributed by atoms with Crippen molar-refractivity contribution in [3.05, 3.63) is 82.9 Å². The molecule has 8 atom stereocenters. The van der Waals surface area contributed by atoms with E-state index in [4.69, 9.17) is 9.47 Å². The Balaban J connectivity index is 1.49. The number of carbonyl (C=O) groups excluding carboxylic acids is 4. The number of cyclic esters (lactones) is 1. The Morgan fingerprint density at radius 3 is 2.32 bits per heavy atom. The molecule has 0 aromatic heterocycles. The quantitative estimate of drug-likeness (QED) is 0.260. The number of hydrogen-bond acceptors (Lipinski definition) is 8. The number of benzene rings is 2. The molecule has 4 heterocycles. The molecule has 284 valence electrons. The molecule has 3 amide bonds. The zero-order valence-electron chi connectivity index (χ0n) is 31.1. The Hall–Kier alpha value is -4.00. The fraction of sp³-hybridized carbons (Fsp3) is 0.512. The smallest absolute Gasteiger partial charge is 0.313 e. The first kappa shape index (κ1) is 38.7. The number of esters is 1. The number of nitrogens with zero attached hydrogens (tertiary/aromatic N) is 3. The maximum Gasteiger partial charge on any atom is 0.313 e. The SMILES string of the molecule is CCN(CC)c1ccc(N2C/C=C\CCC(=O)N[C@@H](C)[C@H](c3ccccc3)OC(=O)[C@H]3[C@@H]4O[C@@]5(C=C4Br)[C@@H]3C(=O)N([C@@H](CO)CC(C)C)[C@@H]5C2=O)cc1. The lowest BCUT2D eigenvalue weighted by atomic mass is 9.74. The van der Waals surface area contributed by atoms with Crippen molar-refractivity contribution in [3.8, 4) is 0 Å². The van der Waals surface area contributed by atoms with Gasteiger partial charge in [-0.15, -0.1) is 0 Å². The summed E-state index contributed by atoms with van der Waals surface area (Å²) < 4.78 is 13.6. The molecule has 11 nitrogen and oxygen atoms in total. The van der Waals surface area contributed by atoms with E-state index in [1.54, 1.807) is 17.9 Å². The third-order valence-corrected chi connectivity index (χ3v) is 11.7. The van der Waals surface area contributed by atoms with Crippen LogP contribution >= 0.6 is 15.9 Å². The fourth-order valence-electron chi connectivity index (χ4n) is 8.54. The van der Waals surface area contributed by atoms with E-state index >= 15 is 4.79 Å². The van der Waals surface area contributed by atoms with E-state index in [0.717, 1.165) is 18.8 Å². The molecule has 0 unspecified atom stereocenters. The number of fused-ring (bicyclic) bond motifs is 2. The second kappa shape index (κ2) is 16.2. The number of likely N-dealkylation sites (tertiary alicyclic amines) is 1. The highest BCUT2D eigenvalue weighted by molar-refractivity contribution is 9.11. The van der Waals surface area contributed by atoms with Gasteiger partial charge in [-0.1, -0.05) is 72.3 Å². The summed E-state index contributed by atoms with van der Waals surface area (Å²) in [7, 11) is 0. The normalized spacial score (nSPS) is 30.2. The summed E-state index contributed by atoms with van der Waals surface area (Å²) in [6.07, 6.45) is 4.84. The number of hydrogen-bond donors (Lipinski definition) is 2. The third-order valence-electron chi connectivity index (χ3n) is 11.0. The first-order valence-corrected chi connectivity index (χ1v) is 19.6. The molecule has 2 N–H and O–H groups in total. The largest absolute Gasteiger partial charge is 0.455 e. The molecule has 4 aliphatic heterocycles. The number of allylic oxidation sites excluding steroid dienone is 1. The Labute approximate surface area is 320 Å². The van der Waals surface area contributed by atoms with Crippen LogP contribution in [0.3, 0.4) is 0 Å². The lowest BCUT2D eigenvalue weighted by molar-refractivity contribution is -0.161. The molecule has 53 heavy (non-hydrogen) atoms. The summed E-state index contributed by atoms with van der Waals surface area (Å²) in [5.41, 5.74) is 0.812. The van der Waals surface area contributed by atoms with Crippen molar-refractivity contribution in [2.24, 2.45) is 17.8 Å². The first-order chi connectivity index (χ1) is 25.4. The molecule has 1 spiro atoms. The number of amides is 3. The molecule has 4 aliphatic rings. The first-order valence-electron chi connectivity index (χ1n) is 18.8. The number of aliphatic hydroxyl groups excluding tert-OH is 1. The van der Waals surface area contributed by atoms with E-state index in [1.165, 1.54) is 4.90 Å². The lowest BCUT2D eigenvalue weighted by Gasteiger charge is -2.39. The van der Waals surface area contributed by atoms with Gasteiger partial charge in [0.15, 0.2) is 0 Å².